The molecule has 0 radical (unpaired) electrons. The third kappa shape index (κ3) is 3.02. The van der Waals surface area contributed by atoms with Gasteiger partial charge < -0.3 is 9.15 Å². The highest BCUT2D eigenvalue weighted by atomic mass is 19.1. The molecule has 7 nitrogen and oxygen atoms in total. The number of ether oxygens (including phenoxy) is 1. The minimum absolute atomic E-state index is 0.0363. The fourth-order valence-electron chi connectivity index (χ4n) is 3.05. The third-order valence-corrected chi connectivity index (χ3v) is 4.35. The summed E-state index contributed by atoms with van der Waals surface area (Å²) in [5.41, 5.74) is 2.62. The van der Waals surface area contributed by atoms with E-state index in [4.69, 9.17) is 9.15 Å². The summed E-state index contributed by atoms with van der Waals surface area (Å²) in [5.74, 6) is -0.0998. The zero-order chi connectivity index (χ0) is 19.7. The molecule has 0 atom stereocenters. The topological polar surface area (TPSA) is 83.0 Å². The number of rotatable bonds is 6. The number of aldehydes is 1. The molecule has 0 spiro atoms. The summed E-state index contributed by atoms with van der Waals surface area (Å²) in [7, 11) is 0. The lowest BCUT2D eigenvalue weighted by Gasteiger charge is -2.14. The Balaban J connectivity index is 1.70. The molecule has 0 saturated heterocycles. The maximum atomic E-state index is 14.4. The van der Waals surface area contributed by atoms with Gasteiger partial charge >= 0.3 is 0 Å². The van der Waals surface area contributed by atoms with E-state index in [1.54, 1.807) is 35.1 Å². The summed E-state index contributed by atoms with van der Waals surface area (Å²) in [4.78, 5) is 19.9. The first-order chi connectivity index (χ1) is 13.6. The van der Waals surface area contributed by atoms with Crippen LogP contribution < -0.4 is 4.74 Å². The van der Waals surface area contributed by atoms with Gasteiger partial charge in [-0.2, -0.15) is 5.10 Å². The van der Waals surface area contributed by atoms with Crippen LogP contribution in [0.25, 0.3) is 22.5 Å². The van der Waals surface area contributed by atoms with Gasteiger partial charge in [0.15, 0.2) is 24.1 Å². The normalized spacial score (nSPS) is 11.3. The van der Waals surface area contributed by atoms with Crippen LogP contribution in [-0.2, 0) is 6.61 Å². The predicted octanol–water partition coefficient (Wildman–Crippen LogP) is 4.20. The largest absolute Gasteiger partial charge is 0.488 e. The van der Waals surface area contributed by atoms with Crippen molar-refractivity contribution in [2.24, 2.45) is 0 Å². The van der Waals surface area contributed by atoms with Crippen LogP contribution in [0.2, 0.25) is 0 Å². The van der Waals surface area contributed by atoms with Crippen LogP contribution in [0.5, 0.6) is 5.75 Å². The average molecular weight is 380 g/mol. The summed E-state index contributed by atoms with van der Waals surface area (Å²) in [6.45, 7) is 3.92. The lowest BCUT2D eigenvalue weighted by Crippen LogP contribution is -2.08. The Bertz CT molecular complexity index is 1150. The average Bonchev–Trinajstić information content (AvgIpc) is 3.32. The molecule has 0 aliphatic rings. The zero-order valence-electron chi connectivity index (χ0n) is 15.3. The summed E-state index contributed by atoms with van der Waals surface area (Å²) in [5, 5.41) is 4.10. The van der Waals surface area contributed by atoms with E-state index in [0.29, 0.717) is 40.1 Å². The molecule has 8 heteroatoms. The first kappa shape index (κ1) is 17.8. The summed E-state index contributed by atoms with van der Waals surface area (Å²) < 4.78 is 27.1. The van der Waals surface area contributed by atoms with Crippen LogP contribution in [0.4, 0.5) is 4.39 Å². The highest BCUT2D eigenvalue weighted by Gasteiger charge is 2.20. The molecular weight excluding hydrogens is 363 g/mol. The molecular formula is C20H17FN4O3. The molecule has 4 aromatic rings. The molecule has 0 amide bonds. The number of carbonyl (C=O) groups is 1. The molecule has 4 rings (SSSR count). The number of benzene rings is 1. The van der Waals surface area contributed by atoms with Crippen molar-refractivity contribution in [3.05, 3.63) is 60.0 Å². The van der Waals surface area contributed by atoms with Gasteiger partial charge in [0.2, 0.25) is 0 Å². The lowest BCUT2D eigenvalue weighted by molar-refractivity contribution is 0.111. The first-order valence-corrected chi connectivity index (χ1v) is 8.71. The van der Waals surface area contributed by atoms with Gasteiger partial charge in [-0.05, 0) is 32.0 Å². The van der Waals surface area contributed by atoms with Gasteiger partial charge in [0.1, 0.15) is 29.1 Å². The molecule has 0 aliphatic carbocycles. The van der Waals surface area contributed by atoms with Crippen molar-refractivity contribution in [3.63, 3.8) is 0 Å². The standard InChI is InChI=1S/C20H17FN4O3/c1-12(2)25-19(15(21)8-24-25)18-13(4-3-7-22-18)10-27-17-6-5-16-20(14(17)9-26)28-11-23-16/h3-9,11-12H,10H2,1-2H3. The van der Waals surface area contributed by atoms with Crippen molar-refractivity contribution in [3.8, 4) is 17.1 Å². The van der Waals surface area contributed by atoms with Crippen molar-refractivity contribution >= 4 is 17.4 Å². The van der Waals surface area contributed by atoms with E-state index < -0.39 is 5.82 Å². The van der Waals surface area contributed by atoms with Crippen LogP contribution in [0.1, 0.15) is 35.8 Å². The molecule has 28 heavy (non-hydrogen) atoms. The quantitative estimate of drug-likeness (QED) is 0.466. The number of aromatic nitrogens is 4. The number of hydrogen-bond acceptors (Lipinski definition) is 6. The fourth-order valence-corrected chi connectivity index (χ4v) is 3.05. The Morgan fingerprint density at radius 1 is 1.29 bits per heavy atom. The van der Waals surface area contributed by atoms with E-state index >= 15 is 0 Å². The molecule has 3 heterocycles. The van der Waals surface area contributed by atoms with Gasteiger partial charge in [-0.3, -0.25) is 14.5 Å². The van der Waals surface area contributed by atoms with Gasteiger partial charge in [0.05, 0.1) is 11.9 Å². The van der Waals surface area contributed by atoms with E-state index in [9.17, 15) is 9.18 Å². The Morgan fingerprint density at radius 3 is 2.93 bits per heavy atom. The number of pyridine rings is 1. The monoisotopic (exact) mass is 380 g/mol. The number of hydrogen-bond donors (Lipinski definition) is 0. The van der Waals surface area contributed by atoms with Crippen molar-refractivity contribution in [2.45, 2.75) is 26.5 Å². The Hall–Kier alpha value is -3.55. The SMILES string of the molecule is CC(C)n1ncc(F)c1-c1ncccc1COc1ccc2ncoc2c1C=O. The van der Waals surface area contributed by atoms with Crippen LogP contribution in [0.15, 0.2) is 47.5 Å². The number of nitrogens with zero attached hydrogens (tertiary/aromatic N) is 4. The van der Waals surface area contributed by atoms with E-state index in [1.165, 1.54) is 12.6 Å². The van der Waals surface area contributed by atoms with Crippen LogP contribution >= 0.6 is 0 Å². The maximum Gasteiger partial charge on any atom is 0.182 e. The predicted molar refractivity (Wildman–Crippen MR) is 99.5 cm³/mol. The highest BCUT2D eigenvalue weighted by molar-refractivity contribution is 5.96. The van der Waals surface area contributed by atoms with Gasteiger partial charge in [-0.1, -0.05) is 6.07 Å². The molecule has 0 aliphatic heterocycles. The van der Waals surface area contributed by atoms with E-state index in [2.05, 4.69) is 15.1 Å². The molecule has 0 bridgehead atoms. The van der Waals surface area contributed by atoms with Crippen molar-refractivity contribution in [2.75, 3.05) is 0 Å². The zero-order valence-corrected chi connectivity index (χ0v) is 15.3. The molecule has 3 aromatic heterocycles. The van der Waals surface area contributed by atoms with Crippen LogP contribution in [0, 0.1) is 5.82 Å². The second-order valence-electron chi connectivity index (χ2n) is 6.48. The summed E-state index contributed by atoms with van der Waals surface area (Å²) >= 11 is 0. The summed E-state index contributed by atoms with van der Waals surface area (Å²) in [6.07, 6.45) is 4.71. The van der Waals surface area contributed by atoms with Crippen molar-refractivity contribution in [1.82, 2.24) is 19.7 Å². The smallest absolute Gasteiger partial charge is 0.182 e. The van der Waals surface area contributed by atoms with Crippen molar-refractivity contribution < 1.29 is 18.3 Å². The number of halogens is 1. The fraction of sp³-hybridized carbons (Fsp3) is 0.200. The number of carbonyl (C=O) groups excluding carboxylic acids is 1. The van der Waals surface area contributed by atoms with Gasteiger partial charge in [0, 0.05) is 17.8 Å². The van der Waals surface area contributed by atoms with E-state index in [0.717, 1.165) is 0 Å². The molecule has 142 valence electrons. The van der Waals surface area contributed by atoms with Gasteiger partial charge in [-0.15, -0.1) is 0 Å². The third-order valence-electron chi connectivity index (χ3n) is 4.35. The molecule has 1 aromatic carbocycles. The Morgan fingerprint density at radius 2 is 2.14 bits per heavy atom. The number of oxazole rings is 1. The van der Waals surface area contributed by atoms with Gasteiger partial charge in [0.25, 0.3) is 0 Å². The summed E-state index contributed by atoms with van der Waals surface area (Å²) in [6, 6.07) is 6.87. The second-order valence-corrected chi connectivity index (χ2v) is 6.48. The van der Waals surface area contributed by atoms with E-state index in [1.807, 2.05) is 13.8 Å². The van der Waals surface area contributed by atoms with Crippen molar-refractivity contribution in [1.29, 1.82) is 0 Å². The highest BCUT2D eigenvalue weighted by Crippen LogP contribution is 2.30. The Labute approximate surface area is 159 Å². The molecule has 0 N–H and O–H groups in total. The minimum Gasteiger partial charge on any atom is -0.488 e. The first-order valence-electron chi connectivity index (χ1n) is 8.71. The Kier molecular flexibility index (Phi) is 4.60. The molecule has 0 unspecified atom stereocenters. The van der Waals surface area contributed by atoms with Gasteiger partial charge in [-0.25, -0.2) is 9.37 Å². The van der Waals surface area contributed by atoms with Crippen LogP contribution in [-0.4, -0.2) is 26.0 Å². The maximum absolute atomic E-state index is 14.4. The molecule has 0 saturated carbocycles. The number of fused-ring (bicyclic) bond motifs is 1. The van der Waals surface area contributed by atoms with E-state index in [-0.39, 0.29) is 18.2 Å². The minimum atomic E-state index is -0.453. The second kappa shape index (κ2) is 7.22. The van der Waals surface area contributed by atoms with Crippen LogP contribution in [0.3, 0.4) is 0 Å². The molecule has 0 fully saturated rings. The lowest BCUT2D eigenvalue weighted by atomic mass is 10.1.